The predicted octanol–water partition coefficient (Wildman–Crippen LogP) is 3.85. The summed E-state index contributed by atoms with van der Waals surface area (Å²) in [5.74, 6) is 0.584. The maximum absolute atomic E-state index is 10.1. The molecule has 0 spiro atoms. The summed E-state index contributed by atoms with van der Waals surface area (Å²) in [6.45, 7) is 4.08. The van der Waals surface area contributed by atoms with E-state index < -0.39 is 0 Å². The number of aromatic nitrogens is 2. The molecule has 24 heavy (non-hydrogen) atoms. The number of fused-ring (bicyclic) bond motifs is 3. The molecule has 1 aliphatic heterocycles. The molecule has 0 radical (unpaired) electrons. The fourth-order valence-electron chi connectivity index (χ4n) is 3.29. The highest BCUT2D eigenvalue weighted by Gasteiger charge is 2.27. The number of anilines is 1. The average Bonchev–Trinajstić information content (AvgIpc) is 2.96. The second-order valence-corrected chi connectivity index (χ2v) is 6.09. The minimum atomic E-state index is -0.181. The van der Waals surface area contributed by atoms with E-state index in [1.165, 1.54) is 5.56 Å². The Kier molecular flexibility index (Phi) is 3.23. The molecule has 0 saturated carbocycles. The van der Waals surface area contributed by atoms with E-state index >= 15 is 0 Å². The standard InChI is InChI=1S/C19H19N3O2/c1-11-5-4-6-14-15-9-12(2)21-22(15)19(20-18(11)14)13-7-8-17(24-3)16(23)10-13/h4-10,19-20,23H,1-3H3/t19-/m1/s1. The zero-order chi connectivity index (χ0) is 16.8. The second kappa shape index (κ2) is 5.30. The van der Waals surface area contributed by atoms with Crippen LogP contribution in [0.5, 0.6) is 11.5 Å². The van der Waals surface area contributed by atoms with Crippen molar-refractivity contribution in [3.63, 3.8) is 0 Å². The average molecular weight is 321 g/mol. The quantitative estimate of drug-likeness (QED) is 0.752. The van der Waals surface area contributed by atoms with Gasteiger partial charge in [0.2, 0.25) is 0 Å². The first-order chi connectivity index (χ1) is 11.6. The van der Waals surface area contributed by atoms with Gasteiger partial charge in [0.15, 0.2) is 11.5 Å². The highest BCUT2D eigenvalue weighted by molar-refractivity contribution is 5.81. The summed E-state index contributed by atoms with van der Waals surface area (Å²) in [7, 11) is 1.54. The smallest absolute Gasteiger partial charge is 0.160 e. The van der Waals surface area contributed by atoms with Gasteiger partial charge in [-0.3, -0.25) is 0 Å². The van der Waals surface area contributed by atoms with Gasteiger partial charge in [0.1, 0.15) is 6.17 Å². The second-order valence-electron chi connectivity index (χ2n) is 6.09. The van der Waals surface area contributed by atoms with Crippen molar-refractivity contribution in [3.8, 4) is 22.8 Å². The van der Waals surface area contributed by atoms with Crippen LogP contribution in [0.3, 0.4) is 0 Å². The van der Waals surface area contributed by atoms with Crippen molar-refractivity contribution in [2.24, 2.45) is 0 Å². The van der Waals surface area contributed by atoms with Crippen LogP contribution in [0.4, 0.5) is 5.69 Å². The van der Waals surface area contributed by atoms with Gasteiger partial charge in [-0.25, -0.2) is 4.68 Å². The molecule has 2 heterocycles. The molecule has 0 amide bonds. The first-order valence-electron chi connectivity index (χ1n) is 7.88. The molecule has 0 aliphatic carbocycles. The monoisotopic (exact) mass is 321 g/mol. The Morgan fingerprint density at radius 2 is 2.00 bits per heavy atom. The molecule has 5 nitrogen and oxygen atoms in total. The van der Waals surface area contributed by atoms with E-state index in [0.717, 1.165) is 28.2 Å². The highest BCUT2D eigenvalue weighted by Crippen LogP contribution is 2.41. The van der Waals surface area contributed by atoms with E-state index in [9.17, 15) is 5.11 Å². The molecule has 122 valence electrons. The molecule has 3 aromatic rings. The van der Waals surface area contributed by atoms with Gasteiger partial charge in [-0.05, 0) is 37.6 Å². The SMILES string of the molecule is COc1ccc([C@@H]2Nc3c(C)cccc3-c3cc(C)nn32)cc1O. The number of hydrogen-bond acceptors (Lipinski definition) is 4. The highest BCUT2D eigenvalue weighted by atomic mass is 16.5. The number of nitrogens with one attached hydrogen (secondary N) is 1. The molecule has 5 heteroatoms. The van der Waals surface area contributed by atoms with Crippen LogP contribution in [0, 0.1) is 13.8 Å². The number of ether oxygens (including phenoxy) is 1. The van der Waals surface area contributed by atoms with Crippen molar-refractivity contribution in [1.29, 1.82) is 0 Å². The van der Waals surface area contributed by atoms with Gasteiger partial charge < -0.3 is 15.2 Å². The molecule has 0 saturated heterocycles. The lowest BCUT2D eigenvalue weighted by molar-refractivity contribution is 0.372. The van der Waals surface area contributed by atoms with Gasteiger partial charge in [0.25, 0.3) is 0 Å². The minimum Gasteiger partial charge on any atom is -0.504 e. The van der Waals surface area contributed by atoms with Gasteiger partial charge in [-0.15, -0.1) is 0 Å². The molecular formula is C19H19N3O2. The van der Waals surface area contributed by atoms with Crippen LogP contribution in [-0.4, -0.2) is 22.0 Å². The van der Waals surface area contributed by atoms with E-state index in [1.807, 2.05) is 17.7 Å². The number of aromatic hydroxyl groups is 1. The van der Waals surface area contributed by atoms with Crippen molar-refractivity contribution in [2.75, 3.05) is 12.4 Å². The van der Waals surface area contributed by atoms with E-state index in [2.05, 4.69) is 41.6 Å². The first-order valence-corrected chi connectivity index (χ1v) is 7.88. The molecule has 1 atom stereocenters. The third-order valence-corrected chi connectivity index (χ3v) is 4.45. The summed E-state index contributed by atoms with van der Waals surface area (Å²) in [5.41, 5.74) is 6.39. The predicted molar refractivity (Wildman–Crippen MR) is 93.6 cm³/mol. The Labute approximate surface area is 140 Å². The van der Waals surface area contributed by atoms with E-state index in [-0.39, 0.29) is 11.9 Å². The summed E-state index contributed by atoms with van der Waals surface area (Å²) in [6.07, 6.45) is -0.181. The summed E-state index contributed by atoms with van der Waals surface area (Å²) in [6, 6.07) is 13.8. The van der Waals surface area contributed by atoms with Crippen molar-refractivity contribution < 1.29 is 9.84 Å². The number of para-hydroxylation sites is 1. The maximum Gasteiger partial charge on any atom is 0.160 e. The van der Waals surface area contributed by atoms with Gasteiger partial charge >= 0.3 is 0 Å². The number of nitrogens with zero attached hydrogens (tertiary/aromatic N) is 2. The topological polar surface area (TPSA) is 59.3 Å². The lowest BCUT2D eigenvalue weighted by Crippen LogP contribution is -2.26. The van der Waals surface area contributed by atoms with E-state index in [0.29, 0.717) is 5.75 Å². The summed E-state index contributed by atoms with van der Waals surface area (Å²) >= 11 is 0. The number of aryl methyl sites for hydroxylation is 2. The van der Waals surface area contributed by atoms with Gasteiger partial charge in [0, 0.05) is 16.8 Å². The van der Waals surface area contributed by atoms with Crippen molar-refractivity contribution in [2.45, 2.75) is 20.0 Å². The van der Waals surface area contributed by atoms with E-state index in [1.54, 1.807) is 19.2 Å². The molecule has 2 N–H and O–H groups in total. The van der Waals surface area contributed by atoms with Crippen LogP contribution in [-0.2, 0) is 0 Å². The Bertz CT molecular complexity index is 930. The third kappa shape index (κ3) is 2.12. The van der Waals surface area contributed by atoms with Crippen LogP contribution in [0.25, 0.3) is 11.3 Å². The fourth-order valence-corrected chi connectivity index (χ4v) is 3.29. The molecular weight excluding hydrogens is 302 g/mol. The number of methoxy groups -OCH3 is 1. The third-order valence-electron chi connectivity index (χ3n) is 4.45. The molecule has 1 aliphatic rings. The van der Waals surface area contributed by atoms with Crippen molar-refractivity contribution in [1.82, 2.24) is 9.78 Å². The molecule has 0 unspecified atom stereocenters. The number of benzene rings is 2. The lowest BCUT2D eigenvalue weighted by Gasteiger charge is -2.30. The normalized spacial score (nSPS) is 15.4. The van der Waals surface area contributed by atoms with Crippen molar-refractivity contribution in [3.05, 3.63) is 59.3 Å². The first kappa shape index (κ1) is 14.6. The van der Waals surface area contributed by atoms with Crippen LogP contribution in [0.15, 0.2) is 42.5 Å². The maximum atomic E-state index is 10.1. The minimum absolute atomic E-state index is 0.123. The van der Waals surface area contributed by atoms with Crippen LogP contribution in [0.2, 0.25) is 0 Å². The number of hydrogen-bond donors (Lipinski definition) is 2. The molecule has 4 rings (SSSR count). The van der Waals surface area contributed by atoms with Gasteiger partial charge in [-0.2, -0.15) is 5.10 Å². The van der Waals surface area contributed by atoms with Crippen LogP contribution < -0.4 is 10.1 Å². The van der Waals surface area contributed by atoms with E-state index in [4.69, 9.17) is 4.74 Å². The molecule has 2 aromatic carbocycles. The summed E-state index contributed by atoms with van der Waals surface area (Å²) < 4.78 is 7.11. The Morgan fingerprint density at radius 1 is 1.17 bits per heavy atom. The number of rotatable bonds is 2. The Balaban J connectivity index is 1.89. The van der Waals surface area contributed by atoms with Crippen LogP contribution in [0.1, 0.15) is 23.0 Å². The Morgan fingerprint density at radius 3 is 2.75 bits per heavy atom. The van der Waals surface area contributed by atoms with Gasteiger partial charge in [-0.1, -0.05) is 24.3 Å². The zero-order valence-electron chi connectivity index (χ0n) is 13.9. The lowest BCUT2D eigenvalue weighted by atomic mass is 10.0. The summed E-state index contributed by atoms with van der Waals surface area (Å²) in [4.78, 5) is 0. The Hall–Kier alpha value is -2.95. The summed E-state index contributed by atoms with van der Waals surface area (Å²) in [5, 5.41) is 18.4. The number of phenolic OH excluding ortho intramolecular Hbond substituents is 1. The molecule has 1 aromatic heterocycles. The zero-order valence-corrected chi connectivity index (χ0v) is 13.9. The molecule has 0 bridgehead atoms. The van der Waals surface area contributed by atoms with Crippen molar-refractivity contribution >= 4 is 5.69 Å². The number of phenols is 1. The molecule has 0 fully saturated rings. The van der Waals surface area contributed by atoms with Crippen LogP contribution >= 0.6 is 0 Å². The largest absolute Gasteiger partial charge is 0.504 e. The fraction of sp³-hybridized carbons (Fsp3) is 0.211. The van der Waals surface area contributed by atoms with Gasteiger partial charge in [0.05, 0.1) is 18.5 Å².